The van der Waals surface area contributed by atoms with E-state index in [1.165, 1.54) is 0 Å². The van der Waals surface area contributed by atoms with Gasteiger partial charge in [0, 0.05) is 6.07 Å². The largest absolute Gasteiger partial charge is 0.452 e. The van der Waals surface area contributed by atoms with E-state index in [-0.39, 0.29) is 5.69 Å². The van der Waals surface area contributed by atoms with E-state index in [0.29, 0.717) is 5.57 Å². The van der Waals surface area contributed by atoms with Crippen LogP contribution in [0.1, 0.15) is 25.3 Å². The molecule has 0 atom stereocenters. The van der Waals surface area contributed by atoms with E-state index in [9.17, 15) is 13.2 Å². The summed E-state index contributed by atoms with van der Waals surface area (Å²) >= 11 is 4.03. The maximum Gasteiger partial charge on any atom is 0.452 e. The second-order valence-electron chi connectivity index (χ2n) is 3.23. The molecule has 2 nitrogen and oxygen atoms in total. The van der Waals surface area contributed by atoms with Crippen molar-refractivity contribution in [2.24, 2.45) is 0 Å². The normalized spacial score (nSPS) is 14.4. The molecule has 0 aliphatic heterocycles. The average molecular weight is 249 g/mol. The summed E-state index contributed by atoms with van der Waals surface area (Å²) < 4.78 is 40.8. The third-order valence-electron chi connectivity index (χ3n) is 1.77. The van der Waals surface area contributed by atoms with Gasteiger partial charge in [-0.25, -0.2) is 0 Å². The van der Waals surface area contributed by atoms with Crippen LogP contribution >= 0.6 is 12.6 Å². The molecule has 0 aliphatic carbocycles. The number of rotatable bonds is 2. The lowest BCUT2D eigenvalue weighted by molar-refractivity contribution is -0.155. The molecule has 0 radical (unpaired) electrons. The summed E-state index contributed by atoms with van der Waals surface area (Å²) in [5.41, 5.74) is 0.741. The molecule has 0 unspecified atom stereocenters. The lowest BCUT2D eigenvalue weighted by Crippen LogP contribution is -2.02. The van der Waals surface area contributed by atoms with Gasteiger partial charge in [-0.05, 0) is 24.3 Å². The molecule has 88 valence electrons. The Bertz CT molecular complexity index is 428. The molecule has 0 amide bonds. The van der Waals surface area contributed by atoms with Gasteiger partial charge in [0.2, 0.25) is 5.76 Å². The summed E-state index contributed by atoms with van der Waals surface area (Å²) in [4.78, 5) is 0.749. The fourth-order valence-corrected chi connectivity index (χ4v) is 1.00. The number of halogens is 3. The van der Waals surface area contributed by atoms with Crippen molar-refractivity contribution in [1.29, 1.82) is 0 Å². The Balaban J connectivity index is 2.95. The Kier molecular flexibility index (Phi) is 3.85. The van der Waals surface area contributed by atoms with Crippen LogP contribution in [-0.2, 0) is 6.18 Å². The van der Waals surface area contributed by atoms with Crippen molar-refractivity contribution >= 4 is 18.2 Å². The molecule has 0 fully saturated rings. The van der Waals surface area contributed by atoms with E-state index in [4.69, 9.17) is 0 Å². The summed E-state index contributed by atoms with van der Waals surface area (Å²) in [6, 6.07) is 0.869. The Labute approximate surface area is 96.2 Å². The van der Waals surface area contributed by atoms with Crippen LogP contribution in [0.4, 0.5) is 13.2 Å². The summed E-state index contributed by atoms with van der Waals surface area (Å²) in [5, 5.41) is 3.34. The zero-order valence-corrected chi connectivity index (χ0v) is 9.56. The summed E-state index contributed by atoms with van der Waals surface area (Å²) in [6.45, 7) is 3.40. The highest BCUT2D eigenvalue weighted by Crippen LogP contribution is 2.30. The Morgan fingerprint density at radius 2 is 2.00 bits per heavy atom. The highest BCUT2D eigenvalue weighted by Gasteiger charge is 2.36. The van der Waals surface area contributed by atoms with Crippen molar-refractivity contribution in [3.63, 3.8) is 0 Å². The average Bonchev–Trinajstić information content (AvgIpc) is 2.61. The maximum atomic E-state index is 12.2. The van der Waals surface area contributed by atoms with Gasteiger partial charge in [-0.15, -0.1) is 12.6 Å². The van der Waals surface area contributed by atoms with Gasteiger partial charge >= 0.3 is 6.18 Å². The molecule has 1 aromatic rings. The first kappa shape index (κ1) is 12.9. The Hall–Kier alpha value is -1.17. The SMILES string of the molecule is C/C(S)=C/C=C(\C)c1cc(C(F)(F)F)on1. The number of alkyl halides is 3. The number of aromatic nitrogens is 1. The van der Waals surface area contributed by atoms with E-state index in [1.807, 2.05) is 0 Å². The van der Waals surface area contributed by atoms with Crippen LogP contribution in [-0.4, -0.2) is 5.16 Å². The fraction of sp³-hybridized carbons (Fsp3) is 0.300. The van der Waals surface area contributed by atoms with Crippen LogP contribution in [0.5, 0.6) is 0 Å². The highest BCUT2D eigenvalue weighted by atomic mass is 32.1. The molecular weight excluding hydrogens is 239 g/mol. The third kappa shape index (κ3) is 3.44. The second-order valence-corrected chi connectivity index (χ2v) is 3.94. The summed E-state index contributed by atoms with van der Waals surface area (Å²) in [6.07, 6.45) is -1.21. The molecule has 0 N–H and O–H groups in total. The molecule has 0 saturated heterocycles. The van der Waals surface area contributed by atoms with Gasteiger partial charge in [0.15, 0.2) is 0 Å². The van der Waals surface area contributed by atoms with Crippen molar-refractivity contribution in [2.75, 3.05) is 0 Å². The Morgan fingerprint density at radius 1 is 1.38 bits per heavy atom. The lowest BCUT2D eigenvalue weighted by atomic mass is 10.2. The smallest absolute Gasteiger partial charge is 0.351 e. The van der Waals surface area contributed by atoms with E-state index in [0.717, 1.165) is 11.0 Å². The number of hydrogen-bond acceptors (Lipinski definition) is 3. The summed E-state index contributed by atoms with van der Waals surface area (Å²) in [7, 11) is 0. The molecule has 0 saturated carbocycles. The lowest BCUT2D eigenvalue weighted by Gasteiger charge is -1.97. The molecule has 1 heterocycles. The third-order valence-corrected chi connectivity index (χ3v) is 1.92. The van der Waals surface area contributed by atoms with Gasteiger partial charge in [0.05, 0.1) is 0 Å². The second kappa shape index (κ2) is 4.78. The fourth-order valence-electron chi connectivity index (χ4n) is 0.926. The molecular formula is C10H10F3NOS. The minimum Gasteiger partial charge on any atom is -0.351 e. The number of nitrogens with zero attached hydrogens (tertiary/aromatic N) is 1. The van der Waals surface area contributed by atoms with E-state index in [2.05, 4.69) is 22.3 Å². The quantitative estimate of drug-likeness (QED) is 0.634. The highest BCUT2D eigenvalue weighted by molar-refractivity contribution is 7.84. The van der Waals surface area contributed by atoms with Crippen molar-refractivity contribution in [1.82, 2.24) is 5.16 Å². The van der Waals surface area contributed by atoms with Gasteiger partial charge in [-0.2, -0.15) is 13.2 Å². The van der Waals surface area contributed by atoms with Crippen LogP contribution in [0.15, 0.2) is 27.6 Å². The van der Waals surface area contributed by atoms with Gasteiger partial charge in [0.25, 0.3) is 0 Å². The molecule has 0 aliphatic rings. The number of hydrogen-bond donors (Lipinski definition) is 1. The zero-order valence-electron chi connectivity index (χ0n) is 8.67. The molecule has 0 aromatic carbocycles. The molecule has 0 spiro atoms. The van der Waals surface area contributed by atoms with Gasteiger partial charge in [-0.3, -0.25) is 0 Å². The molecule has 0 bridgehead atoms. The standard InChI is InChI=1S/C10H10F3NOS/c1-6(3-4-7(2)16)8-5-9(15-14-8)10(11,12)13/h3-5,16H,1-2H3/b6-3+,7-4-. The predicted molar refractivity (Wildman–Crippen MR) is 57.9 cm³/mol. The van der Waals surface area contributed by atoms with Gasteiger partial charge in [0.1, 0.15) is 5.69 Å². The van der Waals surface area contributed by atoms with E-state index in [1.54, 1.807) is 26.0 Å². The van der Waals surface area contributed by atoms with Crippen molar-refractivity contribution in [3.8, 4) is 0 Å². The number of thiol groups is 1. The maximum absolute atomic E-state index is 12.2. The first-order valence-electron chi connectivity index (χ1n) is 4.39. The number of allylic oxidation sites excluding steroid dienone is 4. The predicted octanol–water partition coefficient (Wildman–Crippen LogP) is 3.93. The van der Waals surface area contributed by atoms with Crippen LogP contribution in [0.3, 0.4) is 0 Å². The molecule has 1 aromatic heterocycles. The minimum atomic E-state index is -4.50. The molecule has 16 heavy (non-hydrogen) atoms. The molecule has 6 heteroatoms. The first-order valence-corrected chi connectivity index (χ1v) is 4.84. The van der Waals surface area contributed by atoms with Crippen LogP contribution in [0.25, 0.3) is 5.57 Å². The van der Waals surface area contributed by atoms with Gasteiger partial charge < -0.3 is 4.52 Å². The van der Waals surface area contributed by atoms with Crippen LogP contribution in [0, 0.1) is 0 Å². The van der Waals surface area contributed by atoms with Crippen LogP contribution in [0.2, 0.25) is 0 Å². The van der Waals surface area contributed by atoms with E-state index < -0.39 is 11.9 Å². The summed E-state index contributed by atoms with van der Waals surface area (Å²) in [5.74, 6) is -1.10. The molecule has 1 rings (SSSR count). The van der Waals surface area contributed by atoms with Crippen molar-refractivity contribution in [2.45, 2.75) is 20.0 Å². The topological polar surface area (TPSA) is 26.0 Å². The van der Waals surface area contributed by atoms with E-state index >= 15 is 0 Å². The van der Waals surface area contributed by atoms with Crippen LogP contribution < -0.4 is 0 Å². The van der Waals surface area contributed by atoms with Gasteiger partial charge in [-0.1, -0.05) is 17.3 Å². The monoisotopic (exact) mass is 249 g/mol. The zero-order chi connectivity index (χ0) is 12.3. The minimum absolute atomic E-state index is 0.165. The first-order chi connectivity index (χ1) is 7.30. The van der Waals surface area contributed by atoms with Crippen molar-refractivity contribution < 1.29 is 17.7 Å². The van der Waals surface area contributed by atoms with Crippen molar-refractivity contribution in [3.05, 3.63) is 34.6 Å². The Morgan fingerprint density at radius 3 is 2.44 bits per heavy atom.